The van der Waals surface area contributed by atoms with E-state index in [-0.39, 0.29) is 17.3 Å². The second kappa shape index (κ2) is 8.53. The number of rotatable bonds is 5. The summed E-state index contributed by atoms with van der Waals surface area (Å²) in [5, 5.41) is 2.77. The zero-order valence-corrected chi connectivity index (χ0v) is 15.5. The van der Waals surface area contributed by atoms with Crippen molar-refractivity contribution in [2.45, 2.75) is 19.3 Å². The van der Waals surface area contributed by atoms with E-state index in [9.17, 15) is 9.59 Å². The van der Waals surface area contributed by atoms with Gasteiger partial charge in [0.2, 0.25) is 0 Å². The average Bonchev–Trinajstić information content (AvgIpc) is 2.74. The molecule has 2 aromatic rings. The number of anilines is 1. The number of methoxy groups -OCH3 is 2. The van der Waals surface area contributed by atoms with Gasteiger partial charge in [0.05, 0.1) is 19.9 Å². The van der Waals surface area contributed by atoms with Crippen molar-refractivity contribution in [3.05, 3.63) is 47.8 Å². The van der Waals surface area contributed by atoms with E-state index in [1.807, 2.05) is 0 Å². The van der Waals surface area contributed by atoms with Crippen LogP contribution in [-0.4, -0.2) is 49.0 Å². The van der Waals surface area contributed by atoms with Crippen LogP contribution in [0.4, 0.5) is 5.69 Å². The maximum Gasteiger partial charge on any atom is 0.274 e. The van der Waals surface area contributed by atoms with Gasteiger partial charge in [-0.15, -0.1) is 0 Å². The van der Waals surface area contributed by atoms with Gasteiger partial charge < -0.3 is 19.7 Å². The maximum atomic E-state index is 12.6. The first-order chi connectivity index (χ1) is 13.1. The molecule has 1 aromatic carbocycles. The van der Waals surface area contributed by atoms with Crippen molar-refractivity contribution in [2.24, 2.45) is 0 Å². The minimum Gasteiger partial charge on any atom is -0.497 e. The molecule has 142 valence electrons. The Morgan fingerprint density at radius 2 is 1.74 bits per heavy atom. The predicted octanol–water partition coefficient (Wildman–Crippen LogP) is 2.98. The van der Waals surface area contributed by atoms with Crippen LogP contribution in [0, 0.1) is 0 Å². The predicted molar refractivity (Wildman–Crippen MR) is 101 cm³/mol. The number of hydrogen-bond donors (Lipinski definition) is 1. The second-order valence-corrected chi connectivity index (χ2v) is 6.28. The van der Waals surface area contributed by atoms with E-state index in [0.29, 0.717) is 17.2 Å². The Balaban J connectivity index is 1.76. The van der Waals surface area contributed by atoms with Gasteiger partial charge in [-0.25, -0.2) is 4.98 Å². The normalized spacial score (nSPS) is 13.8. The summed E-state index contributed by atoms with van der Waals surface area (Å²) in [6, 6.07) is 9.99. The molecular formula is C20H23N3O4. The molecule has 7 nitrogen and oxygen atoms in total. The highest BCUT2D eigenvalue weighted by molar-refractivity contribution is 6.04. The Bertz CT molecular complexity index is 832. The van der Waals surface area contributed by atoms with Crippen molar-refractivity contribution in [3.8, 4) is 11.5 Å². The van der Waals surface area contributed by atoms with Crippen molar-refractivity contribution < 1.29 is 19.1 Å². The molecule has 2 amide bonds. The third-order valence-corrected chi connectivity index (χ3v) is 4.50. The lowest BCUT2D eigenvalue weighted by atomic mass is 10.1. The van der Waals surface area contributed by atoms with E-state index in [4.69, 9.17) is 9.47 Å². The first-order valence-corrected chi connectivity index (χ1v) is 8.92. The van der Waals surface area contributed by atoms with Gasteiger partial charge in [0, 0.05) is 19.2 Å². The fourth-order valence-electron chi connectivity index (χ4n) is 3.03. The highest BCUT2D eigenvalue weighted by Crippen LogP contribution is 2.29. The Labute approximate surface area is 158 Å². The molecule has 0 bridgehead atoms. The van der Waals surface area contributed by atoms with Crippen molar-refractivity contribution in [1.29, 1.82) is 0 Å². The molecule has 0 aliphatic carbocycles. The molecule has 0 radical (unpaired) electrons. The summed E-state index contributed by atoms with van der Waals surface area (Å²) in [4.78, 5) is 31.3. The topological polar surface area (TPSA) is 80.8 Å². The van der Waals surface area contributed by atoms with Gasteiger partial charge in [-0.05, 0) is 43.5 Å². The summed E-state index contributed by atoms with van der Waals surface area (Å²) >= 11 is 0. The van der Waals surface area contributed by atoms with Crippen molar-refractivity contribution in [3.63, 3.8) is 0 Å². The van der Waals surface area contributed by atoms with Crippen molar-refractivity contribution in [1.82, 2.24) is 9.88 Å². The molecular weight excluding hydrogens is 346 g/mol. The Morgan fingerprint density at radius 3 is 2.44 bits per heavy atom. The van der Waals surface area contributed by atoms with Gasteiger partial charge >= 0.3 is 0 Å². The number of carbonyl (C=O) groups excluding carboxylic acids is 2. The Hall–Kier alpha value is -3.09. The second-order valence-electron chi connectivity index (χ2n) is 6.28. The molecule has 0 unspecified atom stereocenters. The quantitative estimate of drug-likeness (QED) is 0.876. The molecule has 2 heterocycles. The van der Waals surface area contributed by atoms with Crippen molar-refractivity contribution in [2.75, 3.05) is 32.6 Å². The Morgan fingerprint density at radius 1 is 1.00 bits per heavy atom. The first kappa shape index (κ1) is 18.7. The van der Waals surface area contributed by atoms with E-state index >= 15 is 0 Å². The number of benzene rings is 1. The number of nitrogens with one attached hydrogen (secondary N) is 1. The number of likely N-dealkylation sites (tertiary alicyclic amines) is 1. The maximum absolute atomic E-state index is 12.6. The van der Waals surface area contributed by atoms with E-state index in [0.717, 1.165) is 32.4 Å². The van der Waals surface area contributed by atoms with Gasteiger partial charge in [0.15, 0.2) is 0 Å². The molecule has 1 N–H and O–H groups in total. The molecule has 0 atom stereocenters. The van der Waals surface area contributed by atoms with Crippen LogP contribution in [0.15, 0.2) is 36.4 Å². The standard InChI is InChI=1S/C20H23N3O4/c1-26-14-9-10-15(18(13-14)27-2)22-19(24)16-7-6-8-17(21-16)20(25)23-11-4-3-5-12-23/h6-10,13H,3-5,11-12H2,1-2H3,(H,22,24). The summed E-state index contributed by atoms with van der Waals surface area (Å²) in [6.07, 6.45) is 3.15. The zero-order valence-electron chi connectivity index (χ0n) is 15.5. The van der Waals surface area contributed by atoms with Crippen LogP contribution in [-0.2, 0) is 0 Å². The number of carbonyl (C=O) groups is 2. The fraction of sp³-hybridized carbons (Fsp3) is 0.350. The monoisotopic (exact) mass is 369 g/mol. The van der Waals surface area contributed by atoms with Crippen LogP contribution in [0.5, 0.6) is 11.5 Å². The van der Waals surface area contributed by atoms with Crippen LogP contribution in [0.3, 0.4) is 0 Å². The minimum absolute atomic E-state index is 0.133. The van der Waals surface area contributed by atoms with Crippen LogP contribution in [0.2, 0.25) is 0 Å². The molecule has 1 aromatic heterocycles. The number of piperidine rings is 1. The molecule has 0 spiro atoms. The lowest BCUT2D eigenvalue weighted by Crippen LogP contribution is -2.36. The van der Waals surface area contributed by atoms with Crippen molar-refractivity contribution >= 4 is 17.5 Å². The lowest BCUT2D eigenvalue weighted by molar-refractivity contribution is 0.0718. The summed E-state index contributed by atoms with van der Waals surface area (Å²) in [6.45, 7) is 1.47. The van der Waals surface area contributed by atoms with Gasteiger partial charge in [0.1, 0.15) is 22.9 Å². The van der Waals surface area contributed by atoms with Crippen LogP contribution < -0.4 is 14.8 Å². The highest BCUT2D eigenvalue weighted by atomic mass is 16.5. The summed E-state index contributed by atoms with van der Waals surface area (Å²) in [5.41, 5.74) is 0.958. The molecule has 3 rings (SSSR count). The average molecular weight is 369 g/mol. The molecule has 1 aliphatic rings. The number of aromatic nitrogens is 1. The molecule has 1 fully saturated rings. The van der Waals surface area contributed by atoms with Crippen LogP contribution in [0.25, 0.3) is 0 Å². The molecule has 27 heavy (non-hydrogen) atoms. The van der Waals surface area contributed by atoms with E-state index in [2.05, 4.69) is 10.3 Å². The number of nitrogens with zero attached hydrogens (tertiary/aromatic N) is 2. The fourth-order valence-corrected chi connectivity index (χ4v) is 3.03. The van der Waals surface area contributed by atoms with Gasteiger partial charge in [-0.2, -0.15) is 0 Å². The molecule has 0 saturated carbocycles. The molecule has 1 aliphatic heterocycles. The molecule has 7 heteroatoms. The highest BCUT2D eigenvalue weighted by Gasteiger charge is 2.20. The third kappa shape index (κ3) is 4.36. The van der Waals surface area contributed by atoms with Gasteiger partial charge in [-0.1, -0.05) is 6.07 Å². The third-order valence-electron chi connectivity index (χ3n) is 4.50. The zero-order chi connectivity index (χ0) is 19.2. The van der Waals surface area contributed by atoms with Crippen LogP contribution in [0.1, 0.15) is 40.2 Å². The summed E-state index contributed by atoms with van der Waals surface area (Å²) in [7, 11) is 3.07. The summed E-state index contributed by atoms with van der Waals surface area (Å²) < 4.78 is 10.4. The largest absolute Gasteiger partial charge is 0.497 e. The van der Waals surface area contributed by atoms with Crippen LogP contribution >= 0.6 is 0 Å². The Kier molecular flexibility index (Phi) is 5.90. The number of pyridine rings is 1. The van der Waals surface area contributed by atoms with Gasteiger partial charge in [0.25, 0.3) is 11.8 Å². The minimum atomic E-state index is -0.410. The van der Waals surface area contributed by atoms with E-state index in [1.54, 1.807) is 48.4 Å². The van der Waals surface area contributed by atoms with E-state index in [1.165, 1.54) is 7.11 Å². The smallest absolute Gasteiger partial charge is 0.274 e. The number of amides is 2. The SMILES string of the molecule is COc1ccc(NC(=O)c2cccc(C(=O)N3CCCCC3)n2)c(OC)c1. The first-order valence-electron chi connectivity index (χ1n) is 8.92. The number of hydrogen-bond acceptors (Lipinski definition) is 5. The number of ether oxygens (including phenoxy) is 2. The van der Waals surface area contributed by atoms with Gasteiger partial charge in [-0.3, -0.25) is 9.59 Å². The molecule has 1 saturated heterocycles. The summed E-state index contributed by atoms with van der Waals surface area (Å²) in [5.74, 6) is 0.554. The lowest BCUT2D eigenvalue weighted by Gasteiger charge is -2.26. The van der Waals surface area contributed by atoms with E-state index < -0.39 is 5.91 Å².